The van der Waals surface area contributed by atoms with Gasteiger partial charge in [-0.25, -0.2) is 4.39 Å². The van der Waals surface area contributed by atoms with Crippen LogP contribution >= 0.6 is 0 Å². The van der Waals surface area contributed by atoms with Crippen LogP contribution in [0.1, 0.15) is 35.4 Å². The van der Waals surface area contributed by atoms with Crippen molar-refractivity contribution in [3.05, 3.63) is 57.5 Å². The summed E-state index contributed by atoms with van der Waals surface area (Å²) >= 11 is 0. The van der Waals surface area contributed by atoms with Crippen LogP contribution in [-0.2, 0) is 0 Å². The number of nitrogens with zero attached hydrogens (tertiary/aromatic N) is 3. The minimum Gasteiger partial charge on any atom is -0.502 e. The Morgan fingerprint density at radius 3 is 2.76 bits per heavy atom. The SMILES string of the molecule is C[C@H]1c2ccc(F)c(F)c2OC[C@@H]2C[C@H]2CN2CN1n1ccc(=O)c(O)c1C2=O. The van der Waals surface area contributed by atoms with Crippen LogP contribution in [0, 0.1) is 23.5 Å². The normalized spacial score (nSPS) is 25.3. The van der Waals surface area contributed by atoms with Crippen LogP contribution in [0.2, 0.25) is 0 Å². The lowest BCUT2D eigenvalue weighted by atomic mass is 10.1. The van der Waals surface area contributed by atoms with E-state index in [2.05, 4.69) is 0 Å². The summed E-state index contributed by atoms with van der Waals surface area (Å²) in [6.45, 7) is 2.62. The van der Waals surface area contributed by atoms with E-state index in [0.717, 1.165) is 12.5 Å². The molecule has 2 bridgehead atoms. The average molecular weight is 403 g/mol. The summed E-state index contributed by atoms with van der Waals surface area (Å²) in [4.78, 5) is 26.5. The zero-order valence-electron chi connectivity index (χ0n) is 15.6. The number of hydrogen-bond acceptors (Lipinski definition) is 5. The summed E-state index contributed by atoms with van der Waals surface area (Å²) in [5, 5.41) is 12.0. The Labute approximate surface area is 164 Å². The number of rotatable bonds is 0. The predicted molar refractivity (Wildman–Crippen MR) is 98.4 cm³/mol. The molecule has 1 aromatic heterocycles. The Hall–Kier alpha value is -3.10. The molecule has 2 aliphatic heterocycles. The zero-order valence-corrected chi connectivity index (χ0v) is 15.6. The topological polar surface area (TPSA) is 75.0 Å². The van der Waals surface area contributed by atoms with Gasteiger partial charge in [0.1, 0.15) is 6.67 Å². The highest BCUT2D eigenvalue weighted by molar-refractivity contribution is 5.96. The summed E-state index contributed by atoms with van der Waals surface area (Å²) in [5.41, 5.74) is -0.358. The Morgan fingerprint density at radius 2 is 1.97 bits per heavy atom. The van der Waals surface area contributed by atoms with Crippen LogP contribution in [-0.4, -0.2) is 40.4 Å². The van der Waals surface area contributed by atoms with E-state index in [1.54, 1.807) is 16.8 Å². The molecular weight excluding hydrogens is 384 g/mol. The molecule has 1 N–H and O–H groups in total. The quantitative estimate of drug-likeness (QED) is 0.728. The Kier molecular flexibility index (Phi) is 3.84. The molecule has 3 aliphatic rings. The first-order valence-corrected chi connectivity index (χ1v) is 9.48. The van der Waals surface area contributed by atoms with Crippen molar-refractivity contribution >= 4 is 5.91 Å². The smallest absolute Gasteiger partial charge is 0.277 e. The second-order valence-electron chi connectivity index (χ2n) is 7.85. The number of hydrogen-bond donors (Lipinski definition) is 1. The number of ether oxygens (including phenoxy) is 1. The lowest BCUT2D eigenvalue weighted by molar-refractivity contribution is 0.0665. The Bertz CT molecular complexity index is 1090. The summed E-state index contributed by atoms with van der Waals surface area (Å²) in [7, 11) is 0. The van der Waals surface area contributed by atoms with E-state index >= 15 is 0 Å². The predicted octanol–water partition coefficient (Wildman–Crippen LogP) is 1.97. The van der Waals surface area contributed by atoms with Crippen LogP contribution in [0.3, 0.4) is 0 Å². The number of carbonyl (C=O) groups is 1. The fourth-order valence-electron chi connectivity index (χ4n) is 4.23. The van der Waals surface area contributed by atoms with Gasteiger partial charge in [0, 0.05) is 24.4 Å². The largest absolute Gasteiger partial charge is 0.502 e. The molecule has 9 heteroatoms. The lowest BCUT2D eigenvalue weighted by Gasteiger charge is -2.43. The van der Waals surface area contributed by atoms with E-state index in [9.17, 15) is 23.5 Å². The van der Waals surface area contributed by atoms with Crippen molar-refractivity contribution in [3.8, 4) is 11.5 Å². The molecule has 7 nitrogen and oxygen atoms in total. The molecule has 0 radical (unpaired) electrons. The van der Waals surface area contributed by atoms with Crippen molar-refractivity contribution in [1.82, 2.24) is 9.58 Å². The molecule has 1 amide bonds. The number of aromatic hydroxyl groups is 1. The number of fused-ring (bicyclic) bond motifs is 6. The maximum absolute atomic E-state index is 14.6. The van der Waals surface area contributed by atoms with Crippen molar-refractivity contribution in [2.75, 3.05) is 24.8 Å². The molecule has 0 unspecified atom stereocenters. The van der Waals surface area contributed by atoms with Gasteiger partial charge < -0.3 is 14.7 Å². The van der Waals surface area contributed by atoms with Crippen molar-refractivity contribution in [2.45, 2.75) is 19.4 Å². The monoisotopic (exact) mass is 403 g/mol. The van der Waals surface area contributed by atoms with Gasteiger partial charge in [-0.1, -0.05) is 6.07 Å². The molecule has 0 saturated heterocycles. The molecule has 1 aromatic carbocycles. The minimum absolute atomic E-state index is 0.128. The highest BCUT2D eigenvalue weighted by Crippen LogP contribution is 2.43. The van der Waals surface area contributed by atoms with Gasteiger partial charge in [0.15, 0.2) is 23.0 Å². The van der Waals surface area contributed by atoms with Gasteiger partial charge in [-0.2, -0.15) is 4.39 Å². The third-order valence-electron chi connectivity index (χ3n) is 6.08. The van der Waals surface area contributed by atoms with Gasteiger partial charge in [-0.3, -0.25) is 19.3 Å². The second-order valence-corrected chi connectivity index (χ2v) is 7.85. The first kappa shape index (κ1) is 18.0. The number of pyridine rings is 1. The van der Waals surface area contributed by atoms with Gasteiger partial charge in [0.05, 0.1) is 12.6 Å². The van der Waals surface area contributed by atoms with E-state index in [1.807, 2.05) is 0 Å². The fourth-order valence-corrected chi connectivity index (χ4v) is 4.23. The molecule has 3 atom stereocenters. The van der Waals surface area contributed by atoms with E-state index in [1.165, 1.54) is 23.0 Å². The summed E-state index contributed by atoms with van der Waals surface area (Å²) in [6, 6.07) is 3.14. The number of halogens is 2. The van der Waals surface area contributed by atoms with Crippen molar-refractivity contribution in [3.63, 3.8) is 0 Å². The van der Waals surface area contributed by atoms with Gasteiger partial charge in [-0.05, 0) is 31.2 Å². The third kappa shape index (κ3) is 2.67. The first-order chi connectivity index (χ1) is 13.9. The summed E-state index contributed by atoms with van der Waals surface area (Å²) < 4.78 is 35.6. The van der Waals surface area contributed by atoms with Crippen LogP contribution < -0.4 is 15.2 Å². The summed E-state index contributed by atoms with van der Waals surface area (Å²) in [6.07, 6.45) is 2.21. The van der Waals surface area contributed by atoms with Gasteiger partial charge >= 0.3 is 0 Å². The molecule has 29 heavy (non-hydrogen) atoms. The molecule has 0 spiro atoms. The fraction of sp³-hybridized carbons (Fsp3) is 0.400. The summed E-state index contributed by atoms with van der Waals surface area (Å²) in [5.74, 6) is -2.93. The van der Waals surface area contributed by atoms with E-state index < -0.39 is 34.8 Å². The van der Waals surface area contributed by atoms with E-state index in [0.29, 0.717) is 12.1 Å². The average Bonchev–Trinajstić information content (AvgIpc) is 3.44. The van der Waals surface area contributed by atoms with E-state index in [4.69, 9.17) is 4.74 Å². The Balaban J connectivity index is 1.71. The maximum Gasteiger partial charge on any atom is 0.277 e. The molecule has 2 aromatic rings. The van der Waals surface area contributed by atoms with Gasteiger partial charge in [0.25, 0.3) is 5.91 Å². The molecular formula is C20H19F2N3O4. The number of benzene rings is 1. The van der Waals surface area contributed by atoms with Crippen LogP contribution in [0.5, 0.6) is 11.5 Å². The van der Waals surface area contributed by atoms with Gasteiger partial charge in [0.2, 0.25) is 11.2 Å². The highest BCUT2D eigenvalue weighted by Gasteiger charge is 2.44. The highest BCUT2D eigenvalue weighted by atomic mass is 19.2. The molecule has 1 fully saturated rings. The van der Waals surface area contributed by atoms with Crippen molar-refractivity contribution in [1.29, 1.82) is 0 Å². The first-order valence-electron chi connectivity index (χ1n) is 9.48. The number of amides is 1. The lowest BCUT2D eigenvalue weighted by Crippen LogP contribution is -2.55. The van der Waals surface area contributed by atoms with Crippen LogP contribution in [0.25, 0.3) is 0 Å². The molecule has 3 heterocycles. The molecule has 1 saturated carbocycles. The molecule has 5 rings (SSSR count). The van der Waals surface area contributed by atoms with Crippen molar-refractivity contribution < 1.29 is 23.4 Å². The minimum atomic E-state index is -1.04. The number of aromatic nitrogens is 1. The standard InChI is InChI=1S/C20H19F2N3O4/c1-10-13-2-3-14(21)16(22)19(13)29-8-12-6-11(12)7-23-9-25(10)24-5-4-15(26)18(27)17(24)20(23)28/h2-5,10-12,27H,6-9H2,1H3/t10-,11-,12-/m0/s1. The third-order valence-corrected chi connectivity index (χ3v) is 6.08. The zero-order chi connectivity index (χ0) is 20.4. The van der Waals surface area contributed by atoms with Gasteiger partial charge in [-0.15, -0.1) is 0 Å². The maximum atomic E-state index is 14.6. The molecule has 1 aliphatic carbocycles. The van der Waals surface area contributed by atoms with Crippen LogP contribution in [0.4, 0.5) is 8.78 Å². The second kappa shape index (κ2) is 6.20. The number of carbonyl (C=O) groups excluding carboxylic acids is 1. The van der Waals surface area contributed by atoms with Crippen LogP contribution in [0.15, 0.2) is 29.2 Å². The Morgan fingerprint density at radius 1 is 1.17 bits per heavy atom. The van der Waals surface area contributed by atoms with E-state index in [-0.39, 0.29) is 36.6 Å². The molecule has 152 valence electrons. The van der Waals surface area contributed by atoms with Crippen molar-refractivity contribution in [2.24, 2.45) is 11.8 Å².